The van der Waals surface area contributed by atoms with Crippen LogP contribution in [0, 0.1) is 5.92 Å². The Labute approximate surface area is 107 Å². The van der Waals surface area contributed by atoms with E-state index in [4.69, 9.17) is 0 Å². The van der Waals surface area contributed by atoms with E-state index >= 15 is 0 Å². The van der Waals surface area contributed by atoms with Gasteiger partial charge in [-0.2, -0.15) is 0 Å². The van der Waals surface area contributed by atoms with Gasteiger partial charge >= 0.3 is 0 Å². The van der Waals surface area contributed by atoms with Gasteiger partial charge in [0.25, 0.3) is 0 Å². The van der Waals surface area contributed by atoms with E-state index in [2.05, 4.69) is 29.2 Å². The van der Waals surface area contributed by atoms with Crippen LogP contribution >= 0.6 is 0 Å². The summed E-state index contributed by atoms with van der Waals surface area (Å²) in [6, 6.07) is 0.870. The first kappa shape index (κ1) is 13.3. The zero-order valence-corrected chi connectivity index (χ0v) is 11.6. The second-order valence-electron chi connectivity index (χ2n) is 6.09. The van der Waals surface area contributed by atoms with Crippen LogP contribution in [-0.4, -0.2) is 62.7 Å². The average Bonchev–Trinajstić information content (AvgIpc) is 3.12. The molecule has 1 saturated carbocycles. The van der Waals surface area contributed by atoms with Crippen LogP contribution in [0.2, 0.25) is 0 Å². The Morgan fingerprint density at radius 3 is 2.53 bits per heavy atom. The quantitative estimate of drug-likeness (QED) is 0.678. The lowest BCUT2D eigenvalue weighted by Crippen LogP contribution is -2.36. The predicted octanol–water partition coefficient (Wildman–Crippen LogP) is 1.40. The highest BCUT2D eigenvalue weighted by atomic mass is 15.1. The fourth-order valence-corrected chi connectivity index (χ4v) is 2.72. The highest BCUT2D eigenvalue weighted by Crippen LogP contribution is 2.18. The van der Waals surface area contributed by atoms with Crippen molar-refractivity contribution < 1.29 is 0 Å². The number of hydrogen-bond donors (Lipinski definition) is 1. The molecule has 1 saturated heterocycles. The highest BCUT2D eigenvalue weighted by Gasteiger charge is 2.20. The molecule has 0 radical (unpaired) electrons. The highest BCUT2D eigenvalue weighted by molar-refractivity contribution is 4.80. The number of rotatable bonds is 7. The third kappa shape index (κ3) is 5.36. The molecule has 0 bridgehead atoms. The summed E-state index contributed by atoms with van der Waals surface area (Å²) in [6.45, 7) is 6.36. The Hall–Kier alpha value is -0.120. The van der Waals surface area contributed by atoms with Gasteiger partial charge in [-0.05, 0) is 78.3 Å². The number of piperidine rings is 1. The summed E-state index contributed by atoms with van der Waals surface area (Å²) in [5, 5.41) is 3.59. The van der Waals surface area contributed by atoms with E-state index in [-0.39, 0.29) is 0 Å². The van der Waals surface area contributed by atoms with E-state index < -0.39 is 0 Å². The predicted molar refractivity (Wildman–Crippen MR) is 73.4 cm³/mol. The Morgan fingerprint density at radius 2 is 1.88 bits per heavy atom. The molecule has 0 atom stereocenters. The Morgan fingerprint density at radius 1 is 1.18 bits per heavy atom. The van der Waals surface area contributed by atoms with Crippen LogP contribution in [0.5, 0.6) is 0 Å². The van der Waals surface area contributed by atoms with Crippen molar-refractivity contribution in [1.29, 1.82) is 0 Å². The maximum Gasteiger partial charge on any atom is 0.00682 e. The maximum atomic E-state index is 3.59. The second kappa shape index (κ2) is 6.72. The van der Waals surface area contributed by atoms with Gasteiger partial charge in [-0.1, -0.05) is 0 Å². The molecule has 1 aliphatic carbocycles. The van der Waals surface area contributed by atoms with E-state index in [1.165, 1.54) is 64.8 Å². The van der Waals surface area contributed by atoms with Gasteiger partial charge in [0.05, 0.1) is 0 Å². The monoisotopic (exact) mass is 239 g/mol. The molecule has 100 valence electrons. The van der Waals surface area contributed by atoms with Crippen LogP contribution in [-0.2, 0) is 0 Å². The molecule has 0 aromatic heterocycles. The molecular weight excluding hydrogens is 210 g/mol. The third-order valence-corrected chi connectivity index (χ3v) is 4.13. The zero-order valence-electron chi connectivity index (χ0n) is 11.6. The molecule has 1 heterocycles. The van der Waals surface area contributed by atoms with Crippen molar-refractivity contribution >= 4 is 0 Å². The van der Waals surface area contributed by atoms with Gasteiger partial charge in [0.2, 0.25) is 0 Å². The summed E-state index contributed by atoms with van der Waals surface area (Å²) < 4.78 is 0. The fraction of sp³-hybridized carbons (Fsp3) is 1.00. The molecule has 2 fully saturated rings. The third-order valence-electron chi connectivity index (χ3n) is 4.13. The summed E-state index contributed by atoms with van der Waals surface area (Å²) in [6.07, 6.45) is 6.90. The molecule has 1 N–H and O–H groups in total. The van der Waals surface area contributed by atoms with Gasteiger partial charge in [-0.25, -0.2) is 0 Å². The van der Waals surface area contributed by atoms with Gasteiger partial charge in [0, 0.05) is 12.6 Å². The molecule has 0 aromatic carbocycles. The van der Waals surface area contributed by atoms with E-state index in [0.29, 0.717) is 0 Å². The van der Waals surface area contributed by atoms with Gasteiger partial charge in [-0.3, -0.25) is 0 Å². The lowest BCUT2D eigenvalue weighted by molar-refractivity contribution is 0.175. The SMILES string of the molecule is CN1CCC(CN(C)CCCNC2CC2)CC1. The topological polar surface area (TPSA) is 18.5 Å². The van der Waals surface area contributed by atoms with Gasteiger partial charge in [-0.15, -0.1) is 0 Å². The van der Waals surface area contributed by atoms with Crippen molar-refractivity contribution in [2.24, 2.45) is 5.92 Å². The van der Waals surface area contributed by atoms with Crippen LogP contribution in [0.25, 0.3) is 0 Å². The number of nitrogens with one attached hydrogen (secondary N) is 1. The van der Waals surface area contributed by atoms with Crippen molar-refractivity contribution in [3.63, 3.8) is 0 Å². The first-order valence-corrected chi connectivity index (χ1v) is 7.34. The van der Waals surface area contributed by atoms with Crippen molar-refractivity contribution in [2.45, 2.75) is 38.1 Å². The van der Waals surface area contributed by atoms with E-state index in [1.54, 1.807) is 0 Å². The van der Waals surface area contributed by atoms with Gasteiger partial charge in [0.1, 0.15) is 0 Å². The lowest BCUT2D eigenvalue weighted by Gasteiger charge is -2.31. The maximum absolute atomic E-state index is 3.59. The zero-order chi connectivity index (χ0) is 12.1. The first-order valence-electron chi connectivity index (χ1n) is 7.34. The van der Waals surface area contributed by atoms with Crippen LogP contribution in [0.3, 0.4) is 0 Å². The van der Waals surface area contributed by atoms with E-state index in [1.807, 2.05) is 0 Å². The van der Waals surface area contributed by atoms with Crippen molar-refractivity contribution in [3.8, 4) is 0 Å². The normalized spacial score (nSPS) is 23.5. The summed E-state index contributed by atoms with van der Waals surface area (Å²) >= 11 is 0. The molecular formula is C14H29N3. The van der Waals surface area contributed by atoms with Crippen LogP contribution in [0.15, 0.2) is 0 Å². The first-order chi connectivity index (χ1) is 8.24. The van der Waals surface area contributed by atoms with Gasteiger partial charge in [0.15, 0.2) is 0 Å². The van der Waals surface area contributed by atoms with E-state index in [0.717, 1.165) is 12.0 Å². The van der Waals surface area contributed by atoms with E-state index in [9.17, 15) is 0 Å². The molecule has 0 spiro atoms. The van der Waals surface area contributed by atoms with Crippen molar-refractivity contribution in [2.75, 3.05) is 46.8 Å². The molecule has 1 aliphatic heterocycles. The largest absolute Gasteiger partial charge is 0.314 e. The molecule has 2 aliphatic rings. The molecule has 0 unspecified atom stereocenters. The van der Waals surface area contributed by atoms with Crippen LogP contribution in [0.4, 0.5) is 0 Å². The molecule has 17 heavy (non-hydrogen) atoms. The van der Waals surface area contributed by atoms with Gasteiger partial charge < -0.3 is 15.1 Å². The second-order valence-corrected chi connectivity index (χ2v) is 6.09. The Kier molecular flexibility index (Phi) is 5.26. The molecule has 0 aromatic rings. The average molecular weight is 239 g/mol. The summed E-state index contributed by atoms with van der Waals surface area (Å²) in [7, 11) is 4.53. The fourth-order valence-electron chi connectivity index (χ4n) is 2.72. The van der Waals surface area contributed by atoms with Crippen LogP contribution < -0.4 is 5.32 Å². The number of likely N-dealkylation sites (tertiary alicyclic amines) is 1. The molecule has 0 amide bonds. The van der Waals surface area contributed by atoms with Crippen LogP contribution in [0.1, 0.15) is 32.1 Å². The number of hydrogen-bond acceptors (Lipinski definition) is 3. The molecule has 3 heteroatoms. The molecule has 3 nitrogen and oxygen atoms in total. The minimum atomic E-state index is 0.870. The Balaban J connectivity index is 1.48. The smallest absolute Gasteiger partial charge is 0.00682 e. The minimum Gasteiger partial charge on any atom is -0.314 e. The van der Waals surface area contributed by atoms with Crippen molar-refractivity contribution in [1.82, 2.24) is 15.1 Å². The minimum absolute atomic E-state index is 0.870. The summed E-state index contributed by atoms with van der Waals surface area (Å²) in [5.74, 6) is 0.938. The Bertz CT molecular complexity index is 208. The van der Waals surface area contributed by atoms with Crippen molar-refractivity contribution in [3.05, 3.63) is 0 Å². The standard InChI is InChI=1S/C14H29N3/c1-16-10-6-13(7-11-16)12-17(2)9-3-8-15-14-4-5-14/h13-15H,3-12H2,1-2H3. The number of nitrogens with zero attached hydrogens (tertiary/aromatic N) is 2. The summed E-state index contributed by atoms with van der Waals surface area (Å²) in [5.41, 5.74) is 0. The summed E-state index contributed by atoms with van der Waals surface area (Å²) in [4.78, 5) is 4.99. The lowest BCUT2D eigenvalue weighted by atomic mass is 9.97. The molecule has 2 rings (SSSR count).